The van der Waals surface area contributed by atoms with Crippen molar-refractivity contribution in [1.82, 2.24) is 39.0 Å². The predicted molar refractivity (Wildman–Crippen MR) is 241 cm³/mol. The molecule has 4 N–H and O–H groups in total. The largest absolute Gasteiger partial charge is 0.396 e. The number of nitrogen functional groups attached to an aromatic ring is 2. The molecule has 12 nitrogen and oxygen atoms in total. The number of pyridine rings is 2. The molecule has 8 rings (SSSR count). The van der Waals surface area contributed by atoms with Gasteiger partial charge in [0.1, 0.15) is 51.1 Å². The standard InChI is InChI=1S/C20H23N5OS3.C19H21N5OS3/c1-5-6-9-29(26)20-16(21)15-13(17-23-11(2)12(3)25(17)4)10-14(24-19(15)28-20)18-22-7-8-27-18;1-3-5-10-28(25)19-15(20)14-12(16-21-6-8-24(16)4-2)11-13(23-18(14)27-19)17-22-7-9-26-17/h7-8,10H,5-6,9,21H2,1-4H3;6-9,11H,3-5,10,20H2,1-2H3. The smallest absolute Gasteiger partial charge is 0.141 e. The van der Waals surface area contributed by atoms with Gasteiger partial charge in [0.25, 0.3) is 0 Å². The van der Waals surface area contributed by atoms with Crippen LogP contribution < -0.4 is 11.5 Å². The highest BCUT2D eigenvalue weighted by atomic mass is 32.2. The molecular weight excluding hydrogens is 833 g/mol. The second-order valence-electron chi connectivity index (χ2n) is 13.3. The van der Waals surface area contributed by atoms with E-state index in [2.05, 4.69) is 44.9 Å². The quantitative estimate of drug-likeness (QED) is 0.114. The van der Waals surface area contributed by atoms with Crippen LogP contribution in [-0.4, -0.2) is 59.0 Å². The number of nitrogens with two attached hydrogens (primary N) is 2. The molecule has 2 unspecified atom stereocenters. The van der Waals surface area contributed by atoms with E-state index in [4.69, 9.17) is 26.4 Å². The first kappa shape index (κ1) is 41.0. The summed E-state index contributed by atoms with van der Waals surface area (Å²) in [5.74, 6) is 2.90. The van der Waals surface area contributed by atoms with Crippen LogP contribution in [0.25, 0.3) is 64.6 Å². The van der Waals surface area contributed by atoms with Crippen molar-refractivity contribution in [2.75, 3.05) is 23.0 Å². The van der Waals surface area contributed by atoms with Crippen molar-refractivity contribution in [3.8, 4) is 44.2 Å². The lowest BCUT2D eigenvalue weighted by molar-refractivity contribution is 0.680. The molecule has 0 aliphatic carbocycles. The van der Waals surface area contributed by atoms with E-state index in [0.717, 1.165) is 108 Å². The number of nitrogens with zero attached hydrogens (tertiary/aromatic N) is 8. The molecule has 0 bridgehead atoms. The highest BCUT2D eigenvalue weighted by molar-refractivity contribution is 7.88. The van der Waals surface area contributed by atoms with Crippen LogP contribution in [0.4, 0.5) is 11.4 Å². The van der Waals surface area contributed by atoms with Gasteiger partial charge < -0.3 is 20.6 Å². The number of rotatable bonds is 13. The zero-order valence-electron chi connectivity index (χ0n) is 32.6. The second kappa shape index (κ2) is 17.7. The van der Waals surface area contributed by atoms with Gasteiger partial charge in [0.15, 0.2) is 0 Å². The minimum absolute atomic E-state index is 0.561. The molecule has 0 saturated heterocycles. The van der Waals surface area contributed by atoms with Crippen LogP contribution in [0, 0.1) is 13.8 Å². The van der Waals surface area contributed by atoms with Gasteiger partial charge in [-0.25, -0.2) is 29.9 Å². The van der Waals surface area contributed by atoms with Crippen molar-refractivity contribution in [3.05, 3.63) is 59.1 Å². The molecule has 57 heavy (non-hydrogen) atoms. The summed E-state index contributed by atoms with van der Waals surface area (Å²) in [6.07, 6.45) is 11.1. The van der Waals surface area contributed by atoms with Crippen LogP contribution >= 0.6 is 45.3 Å². The maximum absolute atomic E-state index is 12.9. The molecule has 0 radical (unpaired) electrons. The highest BCUT2D eigenvalue weighted by Gasteiger charge is 2.25. The molecule has 18 heteroatoms. The topological polar surface area (TPSA) is 173 Å². The van der Waals surface area contributed by atoms with Crippen LogP contribution in [0.5, 0.6) is 0 Å². The number of aromatic nitrogens is 8. The molecule has 0 aromatic carbocycles. The molecule has 298 valence electrons. The number of unbranched alkanes of at least 4 members (excludes halogenated alkanes) is 2. The lowest BCUT2D eigenvalue weighted by Gasteiger charge is -2.09. The number of hydrogen-bond acceptors (Lipinski definition) is 14. The Morgan fingerprint density at radius 2 is 1.21 bits per heavy atom. The van der Waals surface area contributed by atoms with E-state index in [1.807, 2.05) is 50.0 Å². The second-order valence-corrected chi connectivity index (χ2v) is 20.6. The summed E-state index contributed by atoms with van der Waals surface area (Å²) in [4.78, 5) is 29.4. The maximum Gasteiger partial charge on any atom is 0.141 e. The van der Waals surface area contributed by atoms with Gasteiger partial charge in [-0.3, -0.25) is 8.42 Å². The molecule has 8 heterocycles. The first-order valence-corrected chi connectivity index (χ1v) is 24.6. The van der Waals surface area contributed by atoms with Crippen LogP contribution in [0.1, 0.15) is 57.8 Å². The summed E-state index contributed by atoms with van der Waals surface area (Å²) in [6, 6.07) is 4.00. The Morgan fingerprint density at radius 1 is 0.702 bits per heavy atom. The molecule has 0 amide bonds. The number of aryl methyl sites for hydroxylation is 2. The van der Waals surface area contributed by atoms with Crippen LogP contribution in [0.15, 0.2) is 56.1 Å². The first-order chi connectivity index (χ1) is 27.6. The van der Waals surface area contributed by atoms with E-state index in [9.17, 15) is 8.42 Å². The first-order valence-electron chi connectivity index (χ1n) is 18.6. The van der Waals surface area contributed by atoms with Gasteiger partial charge in [0, 0.05) is 88.2 Å². The van der Waals surface area contributed by atoms with Gasteiger partial charge in [0.05, 0.1) is 38.7 Å². The fourth-order valence-electron chi connectivity index (χ4n) is 6.31. The third-order valence-electron chi connectivity index (χ3n) is 9.57. The number of thiophene rings is 2. The average molecular weight is 877 g/mol. The fraction of sp³-hybridized carbons (Fsp3) is 0.333. The van der Waals surface area contributed by atoms with E-state index in [0.29, 0.717) is 31.3 Å². The monoisotopic (exact) mass is 876 g/mol. The molecule has 2 atom stereocenters. The molecule has 0 aliphatic rings. The summed E-state index contributed by atoms with van der Waals surface area (Å²) in [5.41, 5.74) is 19.6. The summed E-state index contributed by atoms with van der Waals surface area (Å²) >= 11 is 5.93. The molecule has 0 spiro atoms. The molecule has 0 aliphatic heterocycles. The number of fused-ring (bicyclic) bond motifs is 2. The van der Waals surface area contributed by atoms with Gasteiger partial charge in [-0.2, -0.15) is 0 Å². The summed E-state index contributed by atoms with van der Waals surface area (Å²) < 4.78 is 31.2. The number of thiazole rings is 2. The Hall–Kier alpha value is -4.20. The van der Waals surface area contributed by atoms with Gasteiger partial charge in [-0.05, 0) is 45.7 Å². The number of hydrogen-bond donors (Lipinski definition) is 2. The van der Waals surface area contributed by atoms with E-state index < -0.39 is 21.6 Å². The van der Waals surface area contributed by atoms with Gasteiger partial charge in [-0.15, -0.1) is 45.3 Å². The third-order valence-corrected chi connectivity index (χ3v) is 17.1. The van der Waals surface area contributed by atoms with Gasteiger partial charge in [0.2, 0.25) is 0 Å². The molecule has 0 saturated carbocycles. The lowest BCUT2D eigenvalue weighted by atomic mass is 10.1. The van der Waals surface area contributed by atoms with Crippen molar-refractivity contribution in [2.45, 2.75) is 75.3 Å². The Labute approximate surface area is 352 Å². The zero-order valence-corrected chi connectivity index (χ0v) is 37.5. The summed E-state index contributed by atoms with van der Waals surface area (Å²) in [7, 11) is -0.244. The lowest BCUT2D eigenvalue weighted by Crippen LogP contribution is -2.00. The number of imidazole rings is 2. The maximum atomic E-state index is 12.9. The van der Waals surface area contributed by atoms with Gasteiger partial charge in [-0.1, -0.05) is 26.7 Å². The Balaban J connectivity index is 0.000000174. The number of anilines is 2. The van der Waals surface area contributed by atoms with Crippen LogP contribution in [0.3, 0.4) is 0 Å². The molecule has 8 aromatic rings. The highest BCUT2D eigenvalue weighted by Crippen LogP contribution is 2.44. The van der Waals surface area contributed by atoms with Gasteiger partial charge >= 0.3 is 0 Å². The normalized spacial score (nSPS) is 12.7. The fourth-order valence-corrected chi connectivity index (χ4v) is 13.1. The minimum atomic E-state index is -1.13. The Kier molecular flexibility index (Phi) is 12.8. The Bertz CT molecular complexity index is 2710. The minimum Gasteiger partial charge on any atom is -0.396 e. The Morgan fingerprint density at radius 3 is 1.63 bits per heavy atom. The molecule has 0 fully saturated rings. The van der Waals surface area contributed by atoms with Crippen molar-refractivity contribution < 1.29 is 8.42 Å². The van der Waals surface area contributed by atoms with E-state index in [1.54, 1.807) is 41.3 Å². The molecular formula is C39H44N10O2S6. The SMILES string of the molecule is CCCCS(=O)c1sc2nc(-c3nccs3)cc(-c3nc(C)c(C)n3C)c2c1N.CCCCS(=O)c1sc2nc(-c3nccs3)cc(-c3nccn3CC)c2c1N. The summed E-state index contributed by atoms with van der Waals surface area (Å²) in [6.45, 7) is 11.1. The summed E-state index contributed by atoms with van der Waals surface area (Å²) in [5, 5.41) is 7.23. The van der Waals surface area contributed by atoms with Crippen LogP contribution in [-0.2, 0) is 35.2 Å². The van der Waals surface area contributed by atoms with Crippen molar-refractivity contribution >= 4 is 98.8 Å². The van der Waals surface area contributed by atoms with Crippen molar-refractivity contribution in [1.29, 1.82) is 0 Å². The van der Waals surface area contributed by atoms with E-state index in [-0.39, 0.29) is 0 Å². The predicted octanol–water partition coefficient (Wildman–Crippen LogP) is 9.72. The van der Waals surface area contributed by atoms with E-state index in [1.165, 1.54) is 22.7 Å². The molecule has 8 aromatic heterocycles. The van der Waals surface area contributed by atoms with Crippen LogP contribution in [0.2, 0.25) is 0 Å². The third kappa shape index (κ3) is 8.12. The van der Waals surface area contributed by atoms with Crippen molar-refractivity contribution in [2.24, 2.45) is 7.05 Å². The zero-order chi connectivity index (χ0) is 40.4. The van der Waals surface area contributed by atoms with Crippen molar-refractivity contribution in [3.63, 3.8) is 0 Å². The average Bonchev–Trinajstić information content (AvgIpc) is 4.08. The van der Waals surface area contributed by atoms with E-state index >= 15 is 0 Å².